The maximum Gasteiger partial charge on any atom is 0.252 e. The number of aromatic nitrogens is 1. The Morgan fingerprint density at radius 3 is 2.36 bits per heavy atom. The molecule has 1 aromatic carbocycles. The third kappa shape index (κ3) is 5.54. The van der Waals surface area contributed by atoms with Crippen molar-refractivity contribution < 1.29 is 30.4 Å². The summed E-state index contributed by atoms with van der Waals surface area (Å²) in [6.07, 6.45) is 4.03. The number of sulfone groups is 1. The molecule has 0 aliphatic heterocycles. The van der Waals surface area contributed by atoms with E-state index in [-0.39, 0.29) is 48.2 Å². The second-order valence-electron chi connectivity index (χ2n) is 9.36. The van der Waals surface area contributed by atoms with E-state index in [1.165, 1.54) is 19.1 Å². The Labute approximate surface area is 209 Å². The molecule has 0 saturated heterocycles. The molecule has 1 fully saturated rings. The van der Waals surface area contributed by atoms with Gasteiger partial charge < -0.3 is 10.2 Å². The Bertz CT molecular complexity index is 1530. The highest BCUT2D eigenvalue weighted by Gasteiger charge is 2.34. The molecule has 1 saturated carbocycles. The van der Waals surface area contributed by atoms with Gasteiger partial charge in [0.25, 0.3) is 5.91 Å². The summed E-state index contributed by atoms with van der Waals surface area (Å²) in [5, 5.41) is -0.370. The van der Waals surface area contributed by atoms with Crippen molar-refractivity contribution in [2.45, 2.75) is 43.8 Å². The van der Waals surface area contributed by atoms with E-state index in [1.807, 2.05) is 0 Å². The number of hydrogen-bond donors (Lipinski definition) is 1. The Balaban J connectivity index is 1.83. The number of fused-ring (bicyclic) bond motifs is 1. The van der Waals surface area contributed by atoms with E-state index in [0.29, 0.717) is 16.5 Å². The second-order valence-corrected chi connectivity index (χ2v) is 13.7. The molecule has 1 atom stereocenters. The van der Waals surface area contributed by atoms with Gasteiger partial charge in [-0.1, -0.05) is 12.1 Å². The number of benzene rings is 1. The number of hydrogen-bond acceptors (Lipinski definition) is 7. The van der Waals surface area contributed by atoms with Crippen LogP contribution in [-0.2, 0) is 26.3 Å². The van der Waals surface area contributed by atoms with Crippen molar-refractivity contribution in [2.24, 2.45) is 5.73 Å². The lowest BCUT2D eigenvalue weighted by Gasteiger charge is -2.25. The number of halogens is 1. The van der Waals surface area contributed by atoms with Crippen LogP contribution in [0, 0.1) is 5.82 Å². The average Bonchev–Trinajstić information content (AvgIpc) is 3.54. The van der Waals surface area contributed by atoms with Gasteiger partial charge in [-0.25, -0.2) is 21.2 Å². The van der Waals surface area contributed by atoms with Crippen LogP contribution < -0.4 is 10.0 Å². The molecule has 194 valence electrons. The van der Waals surface area contributed by atoms with Crippen molar-refractivity contribution in [1.29, 1.82) is 0 Å². The Kier molecular flexibility index (Phi) is 6.86. The van der Waals surface area contributed by atoms with E-state index in [4.69, 9.17) is 10.2 Å². The molecule has 1 unspecified atom stereocenters. The number of carbonyl (C=O) groups excluding carboxylic acids is 1. The summed E-state index contributed by atoms with van der Waals surface area (Å²) in [6, 6.07) is 7.42. The van der Waals surface area contributed by atoms with Gasteiger partial charge in [0.1, 0.15) is 27.2 Å². The molecule has 1 aliphatic carbocycles. The smallest absolute Gasteiger partial charge is 0.252 e. The van der Waals surface area contributed by atoms with Crippen molar-refractivity contribution in [1.82, 2.24) is 4.98 Å². The molecular weight excluding hydrogens is 509 g/mol. The third-order valence-electron chi connectivity index (χ3n) is 6.41. The van der Waals surface area contributed by atoms with Gasteiger partial charge >= 0.3 is 0 Å². The molecule has 0 radical (unpaired) electrons. The van der Waals surface area contributed by atoms with Crippen molar-refractivity contribution in [3.05, 3.63) is 58.6 Å². The lowest BCUT2D eigenvalue weighted by atomic mass is 10.0. The SMILES string of the molecule is CC(CCN(c1nc2oc(Cc3ccc(F)cc3)c(C(N)=O)c2cc1C1CC1)S(C)(=O)=O)S(C)(=O)=O. The number of anilines is 1. The van der Waals surface area contributed by atoms with Crippen LogP contribution in [0.25, 0.3) is 11.1 Å². The molecule has 12 heteroatoms. The van der Waals surface area contributed by atoms with Gasteiger partial charge in [0.05, 0.1) is 22.5 Å². The largest absolute Gasteiger partial charge is 0.441 e. The van der Waals surface area contributed by atoms with Crippen molar-refractivity contribution >= 4 is 42.7 Å². The monoisotopic (exact) mass is 537 g/mol. The van der Waals surface area contributed by atoms with E-state index in [0.717, 1.165) is 29.7 Å². The van der Waals surface area contributed by atoms with E-state index in [1.54, 1.807) is 18.2 Å². The van der Waals surface area contributed by atoms with Crippen LogP contribution in [0.2, 0.25) is 0 Å². The normalized spacial score (nSPS) is 15.2. The Morgan fingerprint density at radius 2 is 1.83 bits per heavy atom. The number of pyridine rings is 1. The fourth-order valence-corrected chi connectivity index (χ4v) is 5.53. The first-order valence-electron chi connectivity index (χ1n) is 11.4. The molecule has 2 aromatic heterocycles. The van der Waals surface area contributed by atoms with Gasteiger partial charge in [-0.2, -0.15) is 4.98 Å². The summed E-state index contributed by atoms with van der Waals surface area (Å²) in [4.78, 5) is 16.9. The maximum atomic E-state index is 13.3. The zero-order valence-corrected chi connectivity index (χ0v) is 21.8. The van der Waals surface area contributed by atoms with Crippen LogP contribution in [0.15, 0.2) is 34.7 Å². The first kappa shape index (κ1) is 26.1. The molecule has 2 heterocycles. The number of amides is 1. The summed E-state index contributed by atoms with van der Waals surface area (Å²) < 4.78 is 69.7. The fraction of sp³-hybridized carbons (Fsp3) is 0.417. The number of primary amides is 1. The topological polar surface area (TPSA) is 141 Å². The van der Waals surface area contributed by atoms with E-state index < -0.39 is 36.8 Å². The van der Waals surface area contributed by atoms with Gasteiger partial charge in [-0.3, -0.25) is 9.10 Å². The minimum atomic E-state index is -3.82. The molecule has 1 amide bonds. The Hall–Kier alpha value is -2.99. The molecule has 4 rings (SSSR count). The fourth-order valence-electron chi connectivity index (χ4n) is 4.10. The molecule has 0 spiro atoms. The molecule has 1 aliphatic rings. The zero-order chi connectivity index (χ0) is 26.4. The van der Waals surface area contributed by atoms with Crippen LogP contribution in [-0.4, -0.2) is 52.0 Å². The number of nitrogens with zero attached hydrogens (tertiary/aromatic N) is 2. The van der Waals surface area contributed by atoms with Gasteiger partial charge in [-0.05, 0) is 61.4 Å². The number of furan rings is 1. The summed E-state index contributed by atoms with van der Waals surface area (Å²) in [7, 11) is -7.18. The highest BCUT2D eigenvalue weighted by molar-refractivity contribution is 7.92. The van der Waals surface area contributed by atoms with Crippen LogP contribution >= 0.6 is 0 Å². The molecule has 0 bridgehead atoms. The number of carbonyl (C=O) groups is 1. The molecule has 2 N–H and O–H groups in total. The summed E-state index contributed by atoms with van der Waals surface area (Å²) in [5.41, 5.74) is 7.20. The quantitative estimate of drug-likeness (QED) is 0.419. The highest BCUT2D eigenvalue weighted by Crippen LogP contribution is 2.46. The van der Waals surface area contributed by atoms with Crippen LogP contribution in [0.5, 0.6) is 0 Å². The standard InChI is InChI=1S/C24H28FN3O6S2/c1-14(35(2,30)31)10-11-28(36(3,32)33)23-18(16-6-7-16)13-19-21(22(26)29)20(34-24(19)27-23)12-15-4-8-17(25)9-5-15/h4-5,8-9,13-14,16H,6-7,10-12H2,1-3H3,(H2,26,29). The molecular formula is C24H28FN3O6S2. The van der Waals surface area contributed by atoms with Crippen LogP contribution in [0.3, 0.4) is 0 Å². The lowest BCUT2D eigenvalue weighted by Crippen LogP contribution is -2.35. The third-order valence-corrected chi connectivity index (χ3v) is 9.27. The highest BCUT2D eigenvalue weighted by atomic mass is 32.2. The molecule has 36 heavy (non-hydrogen) atoms. The molecule has 3 aromatic rings. The minimum Gasteiger partial charge on any atom is -0.441 e. The summed E-state index contributed by atoms with van der Waals surface area (Å²) in [5.74, 6) is -0.669. The first-order chi connectivity index (χ1) is 16.8. The number of nitrogens with two attached hydrogens (primary N) is 1. The van der Waals surface area contributed by atoms with Gasteiger partial charge in [-0.15, -0.1) is 0 Å². The first-order valence-corrected chi connectivity index (χ1v) is 15.2. The van der Waals surface area contributed by atoms with Crippen molar-refractivity contribution in [3.63, 3.8) is 0 Å². The van der Waals surface area contributed by atoms with Crippen molar-refractivity contribution in [2.75, 3.05) is 23.4 Å². The van der Waals surface area contributed by atoms with Gasteiger partial charge in [0.15, 0.2) is 0 Å². The zero-order valence-electron chi connectivity index (χ0n) is 20.2. The van der Waals surface area contributed by atoms with Crippen molar-refractivity contribution in [3.8, 4) is 0 Å². The average molecular weight is 538 g/mol. The van der Waals surface area contributed by atoms with Gasteiger partial charge in [0, 0.05) is 19.2 Å². The Morgan fingerprint density at radius 1 is 1.19 bits per heavy atom. The predicted octanol–water partition coefficient (Wildman–Crippen LogP) is 3.12. The lowest BCUT2D eigenvalue weighted by molar-refractivity contribution is 0.1000. The molecule has 9 nitrogen and oxygen atoms in total. The maximum absolute atomic E-state index is 13.3. The van der Waals surface area contributed by atoms with Crippen LogP contribution in [0.1, 0.15) is 59.3 Å². The summed E-state index contributed by atoms with van der Waals surface area (Å²) in [6.45, 7) is 1.44. The predicted molar refractivity (Wildman–Crippen MR) is 135 cm³/mol. The van der Waals surface area contributed by atoms with Crippen LogP contribution in [0.4, 0.5) is 10.2 Å². The number of rotatable bonds is 10. The number of sulfonamides is 1. The van der Waals surface area contributed by atoms with E-state index in [2.05, 4.69) is 4.98 Å². The van der Waals surface area contributed by atoms with E-state index in [9.17, 15) is 26.0 Å². The van der Waals surface area contributed by atoms with Gasteiger partial charge in [0.2, 0.25) is 15.7 Å². The van der Waals surface area contributed by atoms with E-state index >= 15 is 0 Å². The second kappa shape index (κ2) is 9.47. The minimum absolute atomic E-state index is 0.0460. The summed E-state index contributed by atoms with van der Waals surface area (Å²) >= 11 is 0.